The van der Waals surface area contributed by atoms with Crippen LogP contribution in [0.2, 0.25) is 0 Å². The van der Waals surface area contributed by atoms with Crippen LogP contribution in [-0.4, -0.2) is 9.79 Å². The molecule has 0 aromatic rings. The zero-order chi connectivity index (χ0) is 4.50. The number of rotatable bonds is 0. The average molecular weight is 116 g/mol. The fourth-order valence-electron chi connectivity index (χ4n) is 0. The molecule has 0 spiro atoms. The molecule has 0 amide bonds. The van der Waals surface area contributed by atoms with Gasteiger partial charge in [0.15, 0.2) is 0 Å². The van der Waals surface area contributed by atoms with E-state index in [0.717, 1.165) is 0 Å². The molecule has 0 rings (SSSR count). The molecule has 0 unspecified atom stereocenters. The Morgan fingerprint density at radius 2 is 1.50 bits per heavy atom. The van der Waals surface area contributed by atoms with Crippen LogP contribution < -0.4 is 0 Å². The molecule has 0 aromatic heterocycles. The first-order chi connectivity index (χ1) is 2.00. The van der Waals surface area contributed by atoms with E-state index < -0.39 is 7.91 Å². The predicted octanol–water partition coefficient (Wildman–Crippen LogP) is 0.685. The SMILES string of the molecule is C.O=P(O)(O)F. The van der Waals surface area contributed by atoms with Crippen LogP contribution in [0.1, 0.15) is 7.43 Å². The monoisotopic (exact) mass is 116 g/mol. The van der Waals surface area contributed by atoms with E-state index in [2.05, 4.69) is 0 Å². The minimum atomic E-state index is -5.14. The molecule has 0 radical (unpaired) electrons. The van der Waals surface area contributed by atoms with Crippen molar-refractivity contribution >= 4 is 7.91 Å². The fraction of sp³-hybridized carbons (Fsp3) is 1.00. The largest absolute Gasteiger partial charge is 0.507 e. The van der Waals surface area contributed by atoms with Gasteiger partial charge < -0.3 is 0 Å². The van der Waals surface area contributed by atoms with Gasteiger partial charge in [0.1, 0.15) is 0 Å². The van der Waals surface area contributed by atoms with Crippen molar-refractivity contribution in [2.75, 3.05) is 0 Å². The van der Waals surface area contributed by atoms with Crippen molar-refractivity contribution < 1.29 is 18.5 Å². The smallest absolute Gasteiger partial charge is 0.299 e. The summed E-state index contributed by atoms with van der Waals surface area (Å²) in [6.07, 6.45) is 0. The van der Waals surface area contributed by atoms with Crippen molar-refractivity contribution in [1.82, 2.24) is 0 Å². The Bertz CT molecular complexity index is 56.9. The summed E-state index contributed by atoms with van der Waals surface area (Å²) in [6, 6.07) is 0. The van der Waals surface area contributed by atoms with Crippen LogP contribution in [-0.2, 0) is 4.57 Å². The summed E-state index contributed by atoms with van der Waals surface area (Å²) in [5.41, 5.74) is 0. The van der Waals surface area contributed by atoms with Gasteiger partial charge in [-0.2, -0.15) is 0 Å². The van der Waals surface area contributed by atoms with Gasteiger partial charge in [0.2, 0.25) is 0 Å². The van der Waals surface area contributed by atoms with Gasteiger partial charge in [0.25, 0.3) is 0 Å². The van der Waals surface area contributed by atoms with E-state index in [0.29, 0.717) is 0 Å². The summed E-state index contributed by atoms with van der Waals surface area (Å²) in [7, 11) is -5.14. The standard InChI is InChI=1S/CH4.FH2O3P/c;1-5(2,3)4/h1H4;(H2,2,3,4). The van der Waals surface area contributed by atoms with Crippen LogP contribution in [0.15, 0.2) is 0 Å². The Morgan fingerprint density at radius 3 is 1.50 bits per heavy atom. The molecule has 0 bridgehead atoms. The van der Waals surface area contributed by atoms with Crippen LogP contribution in [0.5, 0.6) is 0 Å². The van der Waals surface area contributed by atoms with Gasteiger partial charge in [-0.15, -0.1) is 4.20 Å². The van der Waals surface area contributed by atoms with Crippen molar-refractivity contribution in [3.63, 3.8) is 0 Å². The molecule has 0 aliphatic carbocycles. The molecule has 6 heavy (non-hydrogen) atoms. The van der Waals surface area contributed by atoms with E-state index in [4.69, 9.17) is 14.4 Å². The molecule has 0 aromatic carbocycles. The molecule has 5 heteroatoms. The third kappa shape index (κ3) is 6050. The van der Waals surface area contributed by atoms with Gasteiger partial charge in [-0.1, -0.05) is 7.43 Å². The van der Waals surface area contributed by atoms with Gasteiger partial charge in [0.05, 0.1) is 0 Å². The van der Waals surface area contributed by atoms with Crippen molar-refractivity contribution in [2.45, 2.75) is 7.43 Å². The predicted molar refractivity (Wildman–Crippen MR) is 19.9 cm³/mol. The maximum Gasteiger partial charge on any atom is 0.507 e. The van der Waals surface area contributed by atoms with E-state index in [1.54, 1.807) is 0 Å². The lowest BCUT2D eigenvalue weighted by Gasteiger charge is -1.77. The quantitative estimate of drug-likeness (QED) is 0.457. The number of halogens is 1. The van der Waals surface area contributed by atoms with Gasteiger partial charge in [-0.3, -0.25) is 9.79 Å². The van der Waals surface area contributed by atoms with Crippen molar-refractivity contribution in [3.05, 3.63) is 0 Å². The van der Waals surface area contributed by atoms with Crippen LogP contribution in [0.3, 0.4) is 0 Å². The third-order valence-electron chi connectivity index (χ3n) is 0. The molecule has 0 saturated heterocycles. The summed E-state index contributed by atoms with van der Waals surface area (Å²) in [4.78, 5) is 13.9. The van der Waals surface area contributed by atoms with Gasteiger partial charge in [-0.25, -0.2) is 4.57 Å². The fourth-order valence-corrected chi connectivity index (χ4v) is 0. The summed E-state index contributed by atoms with van der Waals surface area (Å²) >= 11 is 0. The molecule has 0 fully saturated rings. The molecule has 40 valence electrons. The maximum absolute atomic E-state index is 10.4. The Kier molecular flexibility index (Phi) is 3.59. The number of hydrogen-bond donors (Lipinski definition) is 2. The lowest BCUT2D eigenvalue weighted by atomic mass is 12.0. The average Bonchev–Trinajstić information content (AvgIpc) is 0.722. The highest BCUT2D eigenvalue weighted by atomic mass is 31.2. The lowest BCUT2D eigenvalue weighted by molar-refractivity contribution is 0.322. The van der Waals surface area contributed by atoms with Crippen LogP contribution in [0, 0.1) is 0 Å². The van der Waals surface area contributed by atoms with Gasteiger partial charge in [-0.05, 0) is 0 Å². The van der Waals surface area contributed by atoms with Crippen LogP contribution in [0.4, 0.5) is 4.20 Å². The molecule has 3 nitrogen and oxygen atoms in total. The highest BCUT2D eigenvalue weighted by Gasteiger charge is 2.04. The first-order valence-corrected chi connectivity index (χ1v) is 2.25. The lowest BCUT2D eigenvalue weighted by Crippen LogP contribution is -1.56. The van der Waals surface area contributed by atoms with E-state index in [-0.39, 0.29) is 7.43 Å². The molecule has 0 heterocycles. The molecule has 0 atom stereocenters. The van der Waals surface area contributed by atoms with Crippen LogP contribution in [0.25, 0.3) is 0 Å². The van der Waals surface area contributed by atoms with Crippen LogP contribution >= 0.6 is 7.91 Å². The first-order valence-electron chi connectivity index (χ1n) is 0.752. The van der Waals surface area contributed by atoms with Gasteiger partial charge in [0, 0.05) is 0 Å². The Hall–Kier alpha value is 0.0800. The minimum absolute atomic E-state index is 0. The van der Waals surface area contributed by atoms with Crippen molar-refractivity contribution in [3.8, 4) is 0 Å². The molecule has 2 N–H and O–H groups in total. The summed E-state index contributed by atoms with van der Waals surface area (Å²) < 4.78 is 19.0. The second-order valence-electron chi connectivity index (χ2n) is 0.473. The summed E-state index contributed by atoms with van der Waals surface area (Å²) in [6.45, 7) is 0. The van der Waals surface area contributed by atoms with E-state index in [1.165, 1.54) is 0 Å². The second-order valence-corrected chi connectivity index (χ2v) is 1.42. The number of hydrogen-bond acceptors (Lipinski definition) is 1. The zero-order valence-corrected chi connectivity index (χ0v) is 3.02. The van der Waals surface area contributed by atoms with Crippen molar-refractivity contribution in [1.29, 1.82) is 0 Å². The maximum atomic E-state index is 10.4. The molecule has 0 aliphatic rings. The van der Waals surface area contributed by atoms with Gasteiger partial charge >= 0.3 is 7.91 Å². The summed E-state index contributed by atoms with van der Waals surface area (Å²) in [5.74, 6) is 0. The Morgan fingerprint density at radius 1 is 1.50 bits per heavy atom. The Balaban J connectivity index is 0. The minimum Gasteiger partial charge on any atom is -0.299 e. The zero-order valence-electron chi connectivity index (χ0n) is 2.13. The second kappa shape index (κ2) is 2.29. The van der Waals surface area contributed by atoms with E-state index in [9.17, 15) is 4.20 Å². The highest BCUT2D eigenvalue weighted by molar-refractivity contribution is 7.45. The molecular formula is CH6FO3P. The Labute approximate surface area is 35.1 Å². The van der Waals surface area contributed by atoms with Crippen molar-refractivity contribution in [2.24, 2.45) is 0 Å². The summed E-state index contributed by atoms with van der Waals surface area (Å²) in [5, 5.41) is 0. The first kappa shape index (κ1) is 9.43. The topological polar surface area (TPSA) is 57.5 Å². The normalized spacial score (nSPS) is 9.83. The molecule has 0 saturated carbocycles. The third-order valence-corrected chi connectivity index (χ3v) is 0. The van der Waals surface area contributed by atoms with E-state index >= 15 is 0 Å². The van der Waals surface area contributed by atoms with E-state index in [1.807, 2.05) is 0 Å². The molecule has 0 aliphatic heterocycles. The molecular weight excluding hydrogens is 110 g/mol. The highest BCUT2D eigenvalue weighted by Crippen LogP contribution is 2.34.